The second-order valence-electron chi connectivity index (χ2n) is 4.50. The van der Waals surface area contributed by atoms with Crippen LogP contribution in [-0.4, -0.2) is 30.2 Å². The van der Waals surface area contributed by atoms with Crippen LogP contribution in [0.4, 0.5) is 5.69 Å². The van der Waals surface area contributed by atoms with Crippen molar-refractivity contribution in [1.82, 2.24) is 5.32 Å². The number of benzene rings is 1. The quantitative estimate of drug-likeness (QED) is 0.702. The zero-order valence-corrected chi connectivity index (χ0v) is 9.99. The SMILES string of the molecule is CC(CO)NCCc1ccc2c(c1)CC(=O)N2. The Morgan fingerprint density at radius 1 is 1.53 bits per heavy atom. The Kier molecular flexibility index (Phi) is 3.76. The summed E-state index contributed by atoms with van der Waals surface area (Å²) < 4.78 is 0. The van der Waals surface area contributed by atoms with E-state index in [1.165, 1.54) is 5.56 Å². The van der Waals surface area contributed by atoms with Crippen molar-refractivity contribution in [1.29, 1.82) is 0 Å². The second-order valence-corrected chi connectivity index (χ2v) is 4.50. The Morgan fingerprint density at radius 3 is 3.12 bits per heavy atom. The lowest BCUT2D eigenvalue weighted by molar-refractivity contribution is -0.115. The summed E-state index contributed by atoms with van der Waals surface area (Å²) in [6.07, 6.45) is 1.40. The van der Waals surface area contributed by atoms with Crippen LogP contribution in [0.25, 0.3) is 0 Å². The van der Waals surface area contributed by atoms with E-state index >= 15 is 0 Å². The summed E-state index contributed by atoms with van der Waals surface area (Å²) in [7, 11) is 0. The molecule has 1 aromatic carbocycles. The Morgan fingerprint density at radius 2 is 2.35 bits per heavy atom. The van der Waals surface area contributed by atoms with Crippen LogP contribution in [0, 0.1) is 0 Å². The molecule has 1 amide bonds. The first-order valence-corrected chi connectivity index (χ1v) is 5.95. The minimum atomic E-state index is 0.0733. The lowest BCUT2D eigenvalue weighted by atomic mass is 10.1. The first-order valence-electron chi connectivity index (χ1n) is 5.95. The van der Waals surface area contributed by atoms with Gasteiger partial charge in [-0.25, -0.2) is 0 Å². The molecule has 0 bridgehead atoms. The van der Waals surface area contributed by atoms with E-state index in [4.69, 9.17) is 5.11 Å². The predicted octanol–water partition coefficient (Wildman–Crippen LogP) is 0.694. The number of amides is 1. The molecule has 0 saturated heterocycles. The van der Waals surface area contributed by atoms with Gasteiger partial charge < -0.3 is 15.7 Å². The van der Waals surface area contributed by atoms with Crippen LogP contribution in [0.1, 0.15) is 18.1 Å². The smallest absolute Gasteiger partial charge is 0.228 e. The summed E-state index contributed by atoms with van der Waals surface area (Å²) in [4.78, 5) is 11.2. The van der Waals surface area contributed by atoms with Gasteiger partial charge in [-0.05, 0) is 37.1 Å². The molecule has 0 aliphatic carbocycles. The van der Waals surface area contributed by atoms with Crippen LogP contribution in [0.3, 0.4) is 0 Å². The highest BCUT2D eigenvalue weighted by atomic mass is 16.3. The number of carbonyl (C=O) groups excluding carboxylic acids is 1. The van der Waals surface area contributed by atoms with E-state index in [-0.39, 0.29) is 18.6 Å². The van der Waals surface area contributed by atoms with E-state index in [9.17, 15) is 4.79 Å². The van der Waals surface area contributed by atoms with E-state index in [0.717, 1.165) is 24.2 Å². The average Bonchev–Trinajstić information content (AvgIpc) is 2.68. The molecule has 2 rings (SSSR count). The van der Waals surface area contributed by atoms with Gasteiger partial charge in [-0.2, -0.15) is 0 Å². The number of anilines is 1. The van der Waals surface area contributed by atoms with Gasteiger partial charge in [-0.1, -0.05) is 12.1 Å². The number of carbonyl (C=O) groups is 1. The monoisotopic (exact) mass is 234 g/mol. The van der Waals surface area contributed by atoms with Gasteiger partial charge in [-0.3, -0.25) is 4.79 Å². The third kappa shape index (κ3) is 3.05. The lowest BCUT2D eigenvalue weighted by Crippen LogP contribution is -2.30. The van der Waals surface area contributed by atoms with Gasteiger partial charge in [0.1, 0.15) is 0 Å². The largest absolute Gasteiger partial charge is 0.395 e. The van der Waals surface area contributed by atoms with Crippen LogP contribution in [0.5, 0.6) is 0 Å². The van der Waals surface area contributed by atoms with Gasteiger partial charge in [0.25, 0.3) is 0 Å². The van der Waals surface area contributed by atoms with Crippen molar-refractivity contribution >= 4 is 11.6 Å². The normalized spacial score (nSPS) is 15.5. The molecular formula is C13H18N2O2. The highest BCUT2D eigenvalue weighted by molar-refractivity contribution is 5.99. The number of aliphatic hydroxyl groups is 1. The molecule has 1 aromatic rings. The fraction of sp³-hybridized carbons (Fsp3) is 0.462. The van der Waals surface area contributed by atoms with Crippen LogP contribution in [0.2, 0.25) is 0 Å². The minimum absolute atomic E-state index is 0.0733. The van der Waals surface area contributed by atoms with Crippen molar-refractivity contribution in [2.24, 2.45) is 0 Å². The summed E-state index contributed by atoms with van der Waals surface area (Å²) in [5.41, 5.74) is 3.25. The minimum Gasteiger partial charge on any atom is -0.395 e. The molecule has 4 heteroatoms. The maximum absolute atomic E-state index is 11.2. The van der Waals surface area contributed by atoms with Crippen molar-refractivity contribution in [3.63, 3.8) is 0 Å². The van der Waals surface area contributed by atoms with Gasteiger partial charge in [0.2, 0.25) is 5.91 Å². The molecule has 0 aromatic heterocycles. The molecule has 0 saturated carbocycles. The molecule has 1 unspecified atom stereocenters. The summed E-state index contributed by atoms with van der Waals surface area (Å²) in [5, 5.41) is 14.9. The van der Waals surface area contributed by atoms with E-state index in [1.54, 1.807) is 0 Å². The van der Waals surface area contributed by atoms with E-state index in [2.05, 4.69) is 16.7 Å². The molecule has 17 heavy (non-hydrogen) atoms. The van der Waals surface area contributed by atoms with Crippen molar-refractivity contribution in [2.75, 3.05) is 18.5 Å². The summed E-state index contributed by atoms with van der Waals surface area (Å²) >= 11 is 0. The fourth-order valence-electron chi connectivity index (χ4n) is 1.97. The Labute approximate surface area is 101 Å². The summed E-state index contributed by atoms with van der Waals surface area (Å²) in [5.74, 6) is 0.0733. The number of aliphatic hydroxyl groups excluding tert-OH is 1. The first kappa shape index (κ1) is 12.1. The summed E-state index contributed by atoms with van der Waals surface area (Å²) in [6, 6.07) is 6.21. The van der Waals surface area contributed by atoms with Gasteiger partial charge >= 0.3 is 0 Å². The lowest BCUT2D eigenvalue weighted by Gasteiger charge is -2.10. The molecule has 1 heterocycles. The van der Waals surface area contributed by atoms with Crippen LogP contribution in [0.15, 0.2) is 18.2 Å². The Hall–Kier alpha value is -1.39. The molecule has 3 N–H and O–H groups in total. The van der Waals surface area contributed by atoms with Gasteiger partial charge in [-0.15, -0.1) is 0 Å². The number of nitrogens with one attached hydrogen (secondary N) is 2. The van der Waals surface area contributed by atoms with Gasteiger partial charge in [0.05, 0.1) is 13.0 Å². The highest BCUT2D eigenvalue weighted by Crippen LogP contribution is 2.23. The zero-order valence-electron chi connectivity index (χ0n) is 9.99. The van der Waals surface area contributed by atoms with E-state index in [0.29, 0.717) is 6.42 Å². The fourth-order valence-corrected chi connectivity index (χ4v) is 1.97. The number of hydrogen-bond donors (Lipinski definition) is 3. The van der Waals surface area contributed by atoms with E-state index in [1.807, 2.05) is 19.1 Å². The Bertz CT molecular complexity index is 418. The molecule has 0 spiro atoms. The topological polar surface area (TPSA) is 61.4 Å². The van der Waals surface area contributed by atoms with Crippen LogP contribution in [-0.2, 0) is 17.6 Å². The van der Waals surface area contributed by atoms with Crippen molar-refractivity contribution in [3.8, 4) is 0 Å². The highest BCUT2D eigenvalue weighted by Gasteiger charge is 2.17. The first-order chi connectivity index (χ1) is 8.19. The third-order valence-corrected chi connectivity index (χ3v) is 2.98. The average molecular weight is 234 g/mol. The van der Waals surface area contributed by atoms with Gasteiger partial charge in [0.15, 0.2) is 0 Å². The van der Waals surface area contributed by atoms with Crippen LogP contribution >= 0.6 is 0 Å². The molecule has 1 aliphatic rings. The second kappa shape index (κ2) is 5.29. The molecule has 4 nitrogen and oxygen atoms in total. The molecular weight excluding hydrogens is 216 g/mol. The molecule has 0 fully saturated rings. The van der Waals surface area contributed by atoms with Crippen molar-refractivity contribution in [3.05, 3.63) is 29.3 Å². The van der Waals surface area contributed by atoms with E-state index < -0.39 is 0 Å². The van der Waals surface area contributed by atoms with Gasteiger partial charge in [0, 0.05) is 11.7 Å². The maximum atomic E-state index is 11.2. The molecule has 1 aliphatic heterocycles. The molecule has 92 valence electrons. The number of fused-ring (bicyclic) bond motifs is 1. The van der Waals surface area contributed by atoms with Crippen molar-refractivity contribution in [2.45, 2.75) is 25.8 Å². The van der Waals surface area contributed by atoms with Crippen molar-refractivity contribution < 1.29 is 9.90 Å². The summed E-state index contributed by atoms with van der Waals surface area (Å²) in [6.45, 7) is 2.94. The predicted molar refractivity (Wildman–Crippen MR) is 67.0 cm³/mol. The van der Waals surface area contributed by atoms with Crippen LogP contribution < -0.4 is 10.6 Å². The zero-order chi connectivity index (χ0) is 12.3. The standard InChI is InChI=1S/C13H18N2O2/c1-9(8-16)14-5-4-10-2-3-12-11(6-10)7-13(17)15-12/h2-3,6,9,14,16H,4-5,7-8H2,1H3,(H,15,17). The third-order valence-electron chi connectivity index (χ3n) is 2.98. The number of hydrogen-bond acceptors (Lipinski definition) is 3. The maximum Gasteiger partial charge on any atom is 0.228 e. The molecule has 0 radical (unpaired) electrons. The number of rotatable bonds is 5. The Balaban J connectivity index is 1.90. The molecule has 1 atom stereocenters.